The largest absolute Gasteiger partial charge is 0.497 e. The van der Waals surface area contributed by atoms with Crippen molar-refractivity contribution < 1.29 is 23.8 Å². The summed E-state index contributed by atoms with van der Waals surface area (Å²) in [6.45, 7) is 1.68. The van der Waals surface area contributed by atoms with E-state index in [-0.39, 0.29) is 6.61 Å². The predicted octanol–water partition coefficient (Wildman–Crippen LogP) is 5.39. The molecule has 9 heteroatoms. The molecule has 2 amide bonds. The summed E-state index contributed by atoms with van der Waals surface area (Å²) in [6, 6.07) is 32.6. The molecule has 1 unspecified atom stereocenters. The number of amides is 2. The Balaban J connectivity index is 1.48. The second kappa shape index (κ2) is 14.2. The van der Waals surface area contributed by atoms with Crippen LogP contribution in [0.25, 0.3) is 0 Å². The fourth-order valence-electron chi connectivity index (χ4n) is 4.82. The van der Waals surface area contributed by atoms with E-state index >= 15 is 0 Å². The summed E-state index contributed by atoms with van der Waals surface area (Å²) in [7, 11) is 3.30. The van der Waals surface area contributed by atoms with Crippen molar-refractivity contribution in [1.29, 1.82) is 0 Å². The summed E-state index contributed by atoms with van der Waals surface area (Å²) in [5.41, 5.74) is 5.40. The van der Waals surface area contributed by atoms with Gasteiger partial charge in [-0.25, -0.2) is 9.79 Å². The van der Waals surface area contributed by atoms with Crippen molar-refractivity contribution in [2.24, 2.45) is 4.99 Å². The van der Waals surface area contributed by atoms with Crippen LogP contribution in [-0.2, 0) is 27.4 Å². The highest BCUT2D eigenvalue weighted by Gasteiger charge is 2.30. The monoisotopic (exact) mass is 578 g/mol. The van der Waals surface area contributed by atoms with Crippen LogP contribution in [0.15, 0.2) is 108 Å². The molecule has 0 aliphatic carbocycles. The minimum atomic E-state index is -1.22. The average Bonchev–Trinajstić information content (AvgIpc) is 3.19. The maximum atomic E-state index is 13.6. The lowest BCUT2D eigenvalue weighted by Crippen LogP contribution is -2.42. The van der Waals surface area contributed by atoms with E-state index in [1.54, 1.807) is 14.2 Å². The number of aliphatic imine (C=N–C) groups is 1. The van der Waals surface area contributed by atoms with Gasteiger partial charge < -0.3 is 24.4 Å². The van der Waals surface area contributed by atoms with Crippen molar-refractivity contribution >= 4 is 29.1 Å². The number of alkyl carbamates (subject to hydrolysis) is 1. The first-order chi connectivity index (χ1) is 21.1. The number of hydrogen-bond donors (Lipinski definition) is 2. The first kappa shape index (κ1) is 29.3. The van der Waals surface area contributed by atoms with Crippen LogP contribution >= 0.6 is 0 Å². The Labute approximate surface area is 251 Å². The molecule has 0 aromatic heterocycles. The van der Waals surface area contributed by atoms with Crippen LogP contribution in [0.2, 0.25) is 0 Å². The van der Waals surface area contributed by atoms with Crippen LogP contribution in [0.3, 0.4) is 0 Å². The molecule has 220 valence electrons. The smallest absolute Gasteiger partial charge is 0.409 e. The standard InChI is InChI=1S/C34H34N4O5/c1-41-21-20-38(22-24-16-18-27(42-2)19-17-24)29-15-9-14-28-30(26-12-7-4-8-13-26)35-32(33(39)36-31(28)29)37-34(40)43-23-25-10-5-3-6-11-25/h3-19,32H,20-23H2,1-2H3,(H,36,39)(H,37,40). The highest BCUT2D eigenvalue weighted by molar-refractivity contribution is 6.21. The van der Waals surface area contributed by atoms with Crippen LogP contribution < -0.4 is 20.3 Å². The van der Waals surface area contributed by atoms with Gasteiger partial charge in [0, 0.05) is 31.3 Å². The number of fused-ring (bicyclic) bond motifs is 1. The van der Waals surface area contributed by atoms with Crippen molar-refractivity contribution in [3.63, 3.8) is 0 Å². The summed E-state index contributed by atoms with van der Waals surface area (Å²) in [5.74, 6) is 0.296. The third-order valence-corrected chi connectivity index (χ3v) is 7.01. The highest BCUT2D eigenvalue weighted by Crippen LogP contribution is 2.34. The molecule has 0 radical (unpaired) electrons. The number of carbonyl (C=O) groups excluding carboxylic acids is 2. The van der Waals surface area contributed by atoms with Gasteiger partial charge in [-0.2, -0.15) is 0 Å². The molecule has 0 fully saturated rings. The van der Waals surface area contributed by atoms with E-state index in [9.17, 15) is 9.59 Å². The van der Waals surface area contributed by atoms with E-state index in [0.717, 1.165) is 33.7 Å². The Hall–Kier alpha value is -5.15. The van der Waals surface area contributed by atoms with E-state index in [4.69, 9.17) is 19.2 Å². The second-order valence-corrected chi connectivity index (χ2v) is 9.90. The van der Waals surface area contributed by atoms with Crippen LogP contribution in [-0.4, -0.2) is 51.2 Å². The summed E-state index contributed by atoms with van der Waals surface area (Å²) in [4.78, 5) is 33.3. The van der Waals surface area contributed by atoms with Gasteiger partial charge in [0.25, 0.3) is 5.91 Å². The number of hydrogen-bond acceptors (Lipinski definition) is 7. The van der Waals surface area contributed by atoms with Crippen LogP contribution in [0.1, 0.15) is 22.3 Å². The van der Waals surface area contributed by atoms with Gasteiger partial charge >= 0.3 is 6.09 Å². The first-order valence-corrected chi connectivity index (χ1v) is 14.0. The molecule has 43 heavy (non-hydrogen) atoms. The Kier molecular flexibility index (Phi) is 9.66. The maximum absolute atomic E-state index is 13.6. The van der Waals surface area contributed by atoms with Gasteiger partial charge in [-0.1, -0.05) is 84.9 Å². The van der Waals surface area contributed by atoms with Crippen molar-refractivity contribution in [1.82, 2.24) is 5.32 Å². The van der Waals surface area contributed by atoms with Gasteiger partial charge in [0.2, 0.25) is 6.17 Å². The molecule has 1 atom stereocenters. The molecule has 5 rings (SSSR count). The summed E-state index contributed by atoms with van der Waals surface area (Å²) >= 11 is 0. The van der Waals surface area contributed by atoms with E-state index in [2.05, 4.69) is 15.5 Å². The van der Waals surface area contributed by atoms with Crippen molar-refractivity contribution in [2.45, 2.75) is 19.3 Å². The van der Waals surface area contributed by atoms with E-state index in [0.29, 0.717) is 31.1 Å². The molecule has 4 aromatic rings. The van der Waals surface area contributed by atoms with Gasteiger partial charge in [0.05, 0.1) is 30.8 Å². The second-order valence-electron chi connectivity index (χ2n) is 9.90. The number of nitrogens with zero attached hydrogens (tertiary/aromatic N) is 2. The summed E-state index contributed by atoms with van der Waals surface area (Å²) in [6.07, 6.45) is -1.96. The zero-order valence-electron chi connectivity index (χ0n) is 24.2. The third kappa shape index (κ3) is 7.38. The molecular formula is C34H34N4O5. The third-order valence-electron chi connectivity index (χ3n) is 7.01. The molecule has 4 aromatic carbocycles. The number of carbonyl (C=O) groups is 2. The maximum Gasteiger partial charge on any atom is 0.409 e. The molecule has 0 saturated heterocycles. The zero-order chi connectivity index (χ0) is 30.0. The molecule has 9 nitrogen and oxygen atoms in total. The minimum Gasteiger partial charge on any atom is -0.497 e. The molecule has 1 aliphatic rings. The normalized spacial score (nSPS) is 14.0. The van der Waals surface area contributed by atoms with E-state index < -0.39 is 18.2 Å². The molecule has 1 heterocycles. The Bertz CT molecular complexity index is 1560. The topological polar surface area (TPSA) is 101 Å². The SMILES string of the molecule is COCCN(Cc1ccc(OC)cc1)c1cccc2c1NC(=O)C(NC(=O)OCc1ccccc1)N=C2c1ccccc1. The van der Waals surface area contributed by atoms with Crippen LogP contribution in [0.4, 0.5) is 16.2 Å². The highest BCUT2D eigenvalue weighted by atomic mass is 16.5. The van der Waals surface area contributed by atoms with Crippen molar-refractivity contribution in [2.75, 3.05) is 37.6 Å². The quantitative estimate of drug-likeness (QED) is 0.248. The Morgan fingerprint density at radius 3 is 2.30 bits per heavy atom. The summed E-state index contributed by atoms with van der Waals surface area (Å²) in [5, 5.41) is 5.70. The van der Waals surface area contributed by atoms with Gasteiger partial charge in [0.1, 0.15) is 12.4 Å². The zero-order valence-corrected chi connectivity index (χ0v) is 24.2. The first-order valence-electron chi connectivity index (χ1n) is 14.0. The molecule has 2 N–H and O–H groups in total. The van der Waals surface area contributed by atoms with Crippen LogP contribution in [0, 0.1) is 0 Å². The number of rotatable bonds is 11. The number of nitrogens with one attached hydrogen (secondary N) is 2. The number of para-hydroxylation sites is 1. The van der Waals surface area contributed by atoms with Gasteiger partial charge in [0.15, 0.2) is 0 Å². The van der Waals surface area contributed by atoms with Gasteiger partial charge in [-0.15, -0.1) is 0 Å². The Morgan fingerprint density at radius 2 is 1.60 bits per heavy atom. The lowest BCUT2D eigenvalue weighted by molar-refractivity contribution is -0.117. The molecular weight excluding hydrogens is 544 g/mol. The lowest BCUT2D eigenvalue weighted by Gasteiger charge is -2.28. The number of ether oxygens (including phenoxy) is 3. The van der Waals surface area contributed by atoms with E-state index in [1.165, 1.54) is 0 Å². The van der Waals surface area contributed by atoms with Crippen molar-refractivity contribution in [3.8, 4) is 5.75 Å². The average molecular weight is 579 g/mol. The number of benzodiazepines with no additional fused rings is 1. The van der Waals surface area contributed by atoms with Crippen LogP contribution in [0.5, 0.6) is 5.75 Å². The van der Waals surface area contributed by atoms with Gasteiger partial charge in [-0.3, -0.25) is 10.1 Å². The molecule has 0 bridgehead atoms. The van der Waals surface area contributed by atoms with Gasteiger partial charge in [-0.05, 0) is 29.3 Å². The van der Waals surface area contributed by atoms with Crippen molar-refractivity contribution in [3.05, 3.63) is 125 Å². The minimum absolute atomic E-state index is 0.0699. The molecule has 1 aliphatic heterocycles. The van der Waals surface area contributed by atoms with E-state index in [1.807, 2.05) is 103 Å². The molecule has 0 saturated carbocycles. The number of methoxy groups -OCH3 is 2. The fourth-order valence-corrected chi connectivity index (χ4v) is 4.82. The predicted molar refractivity (Wildman–Crippen MR) is 167 cm³/mol. The lowest BCUT2D eigenvalue weighted by atomic mass is 9.99. The fraction of sp³-hybridized carbons (Fsp3) is 0.206. The number of anilines is 2. The molecule has 0 spiro atoms. The number of benzene rings is 4. The summed E-state index contributed by atoms with van der Waals surface area (Å²) < 4.78 is 16.1. The Morgan fingerprint density at radius 1 is 0.884 bits per heavy atom.